The number of carbonyl (C=O) groups is 3. The number of nitrogens with one attached hydrogen (secondary N) is 3. The van der Waals surface area contributed by atoms with Gasteiger partial charge in [-0.05, 0) is 67.4 Å². The zero-order valence-corrected chi connectivity index (χ0v) is 22.8. The maximum atomic E-state index is 13.4. The summed E-state index contributed by atoms with van der Waals surface area (Å²) in [5, 5.41) is 9.47. The first-order chi connectivity index (χ1) is 19.8. The van der Waals surface area contributed by atoms with Crippen LogP contribution in [-0.2, 0) is 25.7 Å². The molecule has 1 aromatic heterocycles. The number of nitrogens with zero attached hydrogens (tertiary/aromatic N) is 2. The second-order valence-electron chi connectivity index (χ2n) is 8.77. The van der Waals surface area contributed by atoms with Crippen molar-refractivity contribution < 1.29 is 28.2 Å². The summed E-state index contributed by atoms with van der Waals surface area (Å²) in [6, 6.07) is 16.5. The number of rotatable bonds is 11. The lowest BCUT2D eigenvalue weighted by molar-refractivity contribution is -0.154. The van der Waals surface area contributed by atoms with Crippen LogP contribution >= 0.6 is 11.6 Å². The van der Waals surface area contributed by atoms with Gasteiger partial charge in [0.2, 0.25) is 5.91 Å². The average molecular weight is 580 g/mol. The van der Waals surface area contributed by atoms with Crippen LogP contribution in [0.5, 0.6) is 5.75 Å². The largest absolute Gasteiger partial charge is 0.487 e. The van der Waals surface area contributed by atoms with Gasteiger partial charge in [-0.25, -0.2) is 19.2 Å². The van der Waals surface area contributed by atoms with E-state index in [1.54, 1.807) is 55.5 Å². The standard InChI is InChI=1S/C29H27ClFN5O5/c1-2-40-29(39)28(38)32-12-4-7-26(37)35-20-8-10-24-22(14-20)27(34-17-33-24)36-21-9-11-25(23(30)15-21)41-16-18-5-3-6-19(31)13-18/h3,5-6,8-11,13-15,17H,2,4,7,12,16H2,1H3,(H,32,38)(H,35,37)(H,33,34,36). The number of carbonyl (C=O) groups excluding carboxylic acids is 3. The number of hydrogen-bond donors (Lipinski definition) is 3. The molecule has 41 heavy (non-hydrogen) atoms. The number of halogens is 2. The van der Waals surface area contributed by atoms with Crippen LogP contribution in [0.15, 0.2) is 67.0 Å². The van der Waals surface area contributed by atoms with Gasteiger partial charge in [-0.2, -0.15) is 0 Å². The zero-order valence-electron chi connectivity index (χ0n) is 22.1. The summed E-state index contributed by atoms with van der Waals surface area (Å²) in [4.78, 5) is 43.9. The molecule has 12 heteroatoms. The third-order valence-electron chi connectivity index (χ3n) is 5.72. The number of esters is 1. The SMILES string of the molecule is CCOC(=O)C(=O)NCCCC(=O)Nc1ccc2ncnc(Nc3ccc(OCc4cccc(F)c4)c(Cl)c3)c2c1. The smallest absolute Gasteiger partial charge is 0.396 e. The minimum Gasteiger partial charge on any atom is -0.487 e. The third kappa shape index (κ3) is 8.36. The van der Waals surface area contributed by atoms with Crippen LogP contribution in [0.3, 0.4) is 0 Å². The van der Waals surface area contributed by atoms with E-state index in [0.717, 1.165) is 0 Å². The first kappa shape index (κ1) is 29.2. The Hall–Kier alpha value is -4.77. The molecule has 2 amide bonds. The average Bonchev–Trinajstić information content (AvgIpc) is 2.95. The molecule has 3 N–H and O–H groups in total. The van der Waals surface area contributed by atoms with Crippen molar-refractivity contribution in [2.45, 2.75) is 26.4 Å². The van der Waals surface area contributed by atoms with Crippen molar-refractivity contribution >= 4 is 57.5 Å². The highest BCUT2D eigenvalue weighted by atomic mass is 35.5. The van der Waals surface area contributed by atoms with Gasteiger partial charge in [0.25, 0.3) is 0 Å². The highest BCUT2D eigenvalue weighted by Crippen LogP contribution is 2.31. The number of aromatic nitrogens is 2. The summed E-state index contributed by atoms with van der Waals surface area (Å²) in [6.45, 7) is 2.03. The Kier molecular flexibility index (Phi) is 10.0. The molecule has 0 radical (unpaired) electrons. The number of amides is 2. The summed E-state index contributed by atoms with van der Waals surface area (Å²) in [7, 11) is 0. The number of hydrogen-bond acceptors (Lipinski definition) is 8. The van der Waals surface area contributed by atoms with E-state index < -0.39 is 11.9 Å². The molecular weight excluding hydrogens is 553 g/mol. The van der Waals surface area contributed by atoms with Crippen molar-refractivity contribution in [3.63, 3.8) is 0 Å². The monoisotopic (exact) mass is 579 g/mol. The third-order valence-corrected chi connectivity index (χ3v) is 6.02. The molecule has 4 aromatic rings. The van der Waals surface area contributed by atoms with E-state index in [0.29, 0.717) is 50.9 Å². The van der Waals surface area contributed by atoms with Crippen LogP contribution in [0.2, 0.25) is 5.02 Å². The van der Waals surface area contributed by atoms with Crippen LogP contribution in [0, 0.1) is 5.82 Å². The van der Waals surface area contributed by atoms with Gasteiger partial charge < -0.3 is 25.4 Å². The van der Waals surface area contributed by atoms with Gasteiger partial charge in [-0.1, -0.05) is 23.7 Å². The Labute approximate surface area is 240 Å². The highest BCUT2D eigenvalue weighted by molar-refractivity contribution is 6.32. The van der Waals surface area contributed by atoms with Crippen LogP contribution in [0.25, 0.3) is 10.9 Å². The lowest BCUT2D eigenvalue weighted by Crippen LogP contribution is -2.33. The molecule has 3 aromatic carbocycles. The molecule has 0 spiro atoms. The number of anilines is 3. The van der Waals surface area contributed by atoms with E-state index >= 15 is 0 Å². The van der Waals surface area contributed by atoms with E-state index in [9.17, 15) is 18.8 Å². The minimum absolute atomic E-state index is 0.108. The van der Waals surface area contributed by atoms with Gasteiger partial charge >= 0.3 is 11.9 Å². The maximum Gasteiger partial charge on any atom is 0.396 e. The van der Waals surface area contributed by atoms with Gasteiger partial charge in [0.05, 0.1) is 17.1 Å². The maximum absolute atomic E-state index is 13.4. The van der Waals surface area contributed by atoms with Crippen molar-refractivity contribution in [3.8, 4) is 5.75 Å². The first-order valence-corrected chi connectivity index (χ1v) is 13.1. The Balaban J connectivity index is 1.36. The van der Waals surface area contributed by atoms with Crippen molar-refractivity contribution in [1.29, 1.82) is 0 Å². The Morgan fingerprint density at radius 1 is 1.00 bits per heavy atom. The van der Waals surface area contributed by atoms with Crippen LogP contribution in [0.1, 0.15) is 25.3 Å². The second-order valence-corrected chi connectivity index (χ2v) is 9.18. The van der Waals surface area contributed by atoms with Gasteiger partial charge in [-0.15, -0.1) is 0 Å². The Morgan fingerprint density at radius 3 is 2.61 bits per heavy atom. The summed E-state index contributed by atoms with van der Waals surface area (Å²) >= 11 is 6.43. The van der Waals surface area contributed by atoms with Gasteiger partial charge in [0.1, 0.15) is 30.3 Å². The zero-order chi connectivity index (χ0) is 29.2. The molecule has 0 saturated heterocycles. The van der Waals surface area contributed by atoms with Crippen molar-refractivity contribution in [1.82, 2.24) is 15.3 Å². The fourth-order valence-electron chi connectivity index (χ4n) is 3.80. The molecule has 0 aliphatic carbocycles. The van der Waals surface area contributed by atoms with Crippen molar-refractivity contribution in [3.05, 3.63) is 83.4 Å². The van der Waals surface area contributed by atoms with E-state index in [1.165, 1.54) is 18.5 Å². The predicted molar refractivity (Wildman–Crippen MR) is 153 cm³/mol. The van der Waals surface area contributed by atoms with E-state index in [4.69, 9.17) is 16.3 Å². The Bertz CT molecular complexity index is 1570. The fraction of sp³-hybridized carbons (Fsp3) is 0.207. The Morgan fingerprint density at radius 2 is 1.83 bits per heavy atom. The highest BCUT2D eigenvalue weighted by Gasteiger charge is 2.14. The first-order valence-electron chi connectivity index (χ1n) is 12.8. The normalized spacial score (nSPS) is 10.6. The fourth-order valence-corrected chi connectivity index (χ4v) is 4.03. The van der Waals surface area contributed by atoms with Crippen LogP contribution in [0.4, 0.5) is 21.6 Å². The van der Waals surface area contributed by atoms with Crippen molar-refractivity contribution in [2.24, 2.45) is 0 Å². The molecular formula is C29H27ClFN5O5. The molecule has 0 aliphatic rings. The number of fused-ring (bicyclic) bond motifs is 1. The molecule has 1 heterocycles. The molecule has 0 unspecified atom stereocenters. The molecule has 10 nitrogen and oxygen atoms in total. The molecule has 0 bridgehead atoms. The lowest BCUT2D eigenvalue weighted by atomic mass is 10.2. The molecule has 0 saturated carbocycles. The molecule has 0 atom stereocenters. The summed E-state index contributed by atoms with van der Waals surface area (Å²) in [5.41, 5.74) is 2.52. The number of ether oxygens (including phenoxy) is 2. The molecule has 212 valence electrons. The van der Waals surface area contributed by atoms with E-state index in [1.807, 2.05) is 0 Å². The van der Waals surface area contributed by atoms with Gasteiger partial charge in [-0.3, -0.25) is 9.59 Å². The predicted octanol–water partition coefficient (Wildman–Crippen LogP) is 5.14. The van der Waals surface area contributed by atoms with Gasteiger partial charge in [0.15, 0.2) is 0 Å². The molecule has 4 rings (SSSR count). The lowest BCUT2D eigenvalue weighted by Gasteiger charge is -2.13. The van der Waals surface area contributed by atoms with Gasteiger partial charge in [0, 0.05) is 29.7 Å². The van der Waals surface area contributed by atoms with E-state index in [-0.39, 0.29) is 37.9 Å². The van der Waals surface area contributed by atoms with Crippen LogP contribution < -0.4 is 20.7 Å². The second kappa shape index (κ2) is 14.0. The van der Waals surface area contributed by atoms with E-state index in [2.05, 4.69) is 30.7 Å². The number of benzene rings is 3. The molecule has 0 aliphatic heterocycles. The molecule has 0 fully saturated rings. The van der Waals surface area contributed by atoms with Crippen LogP contribution in [-0.4, -0.2) is 40.9 Å². The minimum atomic E-state index is -0.952. The topological polar surface area (TPSA) is 132 Å². The summed E-state index contributed by atoms with van der Waals surface area (Å²) in [5.74, 6) is -1.45. The summed E-state index contributed by atoms with van der Waals surface area (Å²) in [6.07, 6.45) is 1.89. The van der Waals surface area contributed by atoms with Crippen molar-refractivity contribution in [2.75, 3.05) is 23.8 Å². The quantitative estimate of drug-likeness (QED) is 0.126. The summed E-state index contributed by atoms with van der Waals surface area (Å²) < 4.78 is 23.8.